The van der Waals surface area contributed by atoms with Gasteiger partial charge in [-0.05, 0) is 73.9 Å². The van der Waals surface area contributed by atoms with Crippen molar-refractivity contribution in [3.63, 3.8) is 0 Å². The normalized spacial score (nSPS) is 12.1. The molecule has 0 spiro atoms. The Morgan fingerprint density at radius 2 is 1.62 bits per heavy atom. The summed E-state index contributed by atoms with van der Waals surface area (Å²) in [7, 11) is -2.73. The second kappa shape index (κ2) is 13.4. The SMILES string of the molecule is COc1cccc(CN(C(=O)CN(c2ccc(C)cc2)S(=O)(=O)c2ccc(F)cc2)C(C)C(=O)NCC(C)C)c1. The molecule has 0 radical (unpaired) electrons. The molecule has 0 fully saturated rings. The number of anilines is 1. The summed E-state index contributed by atoms with van der Waals surface area (Å²) in [5, 5.41) is 2.85. The summed E-state index contributed by atoms with van der Waals surface area (Å²) < 4.78 is 47.4. The maximum absolute atomic E-state index is 13.9. The third-order valence-electron chi connectivity index (χ3n) is 6.34. The van der Waals surface area contributed by atoms with E-state index in [9.17, 15) is 22.4 Å². The lowest BCUT2D eigenvalue weighted by Crippen LogP contribution is -2.51. The van der Waals surface area contributed by atoms with E-state index in [1.54, 1.807) is 55.5 Å². The van der Waals surface area contributed by atoms with Gasteiger partial charge in [-0.25, -0.2) is 12.8 Å². The van der Waals surface area contributed by atoms with Crippen LogP contribution in [0, 0.1) is 18.7 Å². The molecule has 214 valence electrons. The average molecular weight is 570 g/mol. The number of hydrogen-bond donors (Lipinski definition) is 1. The predicted molar refractivity (Wildman–Crippen MR) is 153 cm³/mol. The number of ether oxygens (including phenoxy) is 1. The van der Waals surface area contributed by atoms with E-state index >= 15 is 0 Å². The number of methoxy groups -OCH3 is 1. The Bertz CT molecular complexity index is 1410. The zero-order valence-electron chi connectivity index (χ0n) is 23.4. The van der Waals surface area contributed by atoms with Gasteiger partial charge in [0.1, 0.15) is 24.2 Å². The molecule has 40 heavy (non-hydrogen) atoms. The van der Waals surface area contributed by atoms with Crippen LogP contribution in [0.3, 0.4) is 0 Å². The minimum atomic E-state index is -4.26. The average Bonchev–Trinajstić information content (AvgIpc) is 2.93. The van der Waals surface area contributed by atoms with Crippen molar-refractivity contribution >= 4 is 27.5 Å². The van der Waals surface area contributed by atoms with E-state index in [-0.39, 0.29) is 29.0 Å². The smallest absolute Gasteiger partial charge is 0.264 e. The zero-order valence-corrected chi connectivity index (χ0v) is 24.2. The zero-order chi connectivity index (χ0) is 29.4. The molecule has 0 aliphatic carbocycles. The van der Waals surface area contributed by atoms with Crippen molar-refractivity contribution in [2.75, 3.05) is 24.5 Å². The first-order valence-electron chi connectivity index (χ1n) is 13.0. The van der Waals surface area contributed by atoms with Crippen LogP contribution in [0.2, 0.25) is 0 Å². The minimum absolute atomic E-state index is 0.0463. The van der Waals surface area contributed by atoms with Crippen molar-refractivity contribution in [1.82, 2.24) is 10.2 Å². The highest BCUT2D eigenvalue weighted by Gasteiger charge is 2.32. The van der Waals surface area contributed by atoms with Crippen LogP contribution < -0.4 is 14.4 Å². The summed E-state index contributed by atoms with van der Waals surface area (Å²) in [6.07, 6.45) is 0. The van der Waals surface area contributed by atoms with Crippen LogP contribution in [0.1, 0.15) is 31.9 Å². The van der Waals surface area contributed by atoms with Crippen molar-refractivity contribution in [3.05, 3.63) is 89.7 Å². The number of aryl methyl sites for hydroxylation is 1. The van der Waals surface area contributed by atoms with E-state index in [1.165, 1.54) is 12.0 Å². The predicted octanol–water partition coefficient (Wildman–Crippen LogP) is 4.53. The van der Waals surface area contributed by atoms with E-state index in [0.717, 1.165) is 34.1 Å². The van der Waals surface area contributed by atoms with Crippen LogP contribution in [0.5, 0.6) is 5.75 Å². The van der Waals surface area contributed by atoms with Gasteiger partial charge in [-0.15, -0.1) is 0 Å². The highest BCUT2D eigenvalue weighted by atomic mass is 32.2. The Labute approximate surface area is 235 Å². The Hall–Kier alpha value is -3.92. The molecule has 0 aromatic heterocycles. The van der Waals surface area contributed by atoms with E-state index < -0.39 is 34.3 Å². The lowest BCUT2D eigenvalue weighted by molar-refractivity contribution is -0.139. The largest absolute Gasteiger partial charge is 0.497 e. The van der Waals surface area contributed by atoms with Crippen molar-refractivity contribution < 1.29 is 27.1 Å². The quantitative estimate of drug-likeness (QED) is 0.346. The molecule has 3 rings (SSSR count). The lowest BCUT2D eigenvalue weighted by Gasteiger charge is -2.32. The fraction of sp³-hybridized carbons (Fsp3) is 0.333. The van der Waals surface area contributed by atoms with Crippen LogP contribution in [-0.2, 0) is 26.2 Å². The number of carbonyl (C=O) groups is 2. The molecular formula is C30H36FN3O5S. The molecule has 3 aromatic rings. The van der Waals surface area contributed by atoms with E-state index in [4.69, 9.17) is 4.74 Å². The van der Waals surface area contributed by atoms with E-state index in [1.807, 2.05) is 20.8 Å². The first-order chi connectivity index (χ1) is 18.9. The molecule has 3 aromatic carbocycles. The van der Waals surface area contributed by atoms with Gasteiger partial charge < -0.3 is 15.0 Å². The summed E-state index contributed by atoms with van der Waals surface area (Å²) >= 11 is 0. The third kappa shape index (κ3) is 7.81. The Morgan fingerprint density at radius 3 is 2.23 bits per heavy atom. The van der Waals surface area contributed by atoms with Crippen molar-refractivity contribution in [2.45, 2.75) is 45.2 Å². The van der Waals surface area contributed by atoms with E-state index in [2.05, 4.69) is 5.32 Å². The third-order valence-corrected chi connectivity index (χ3v) is 8.13. The van der Waals surface area contributed by atoms with Crippen LogP contribution in [-0.4, -0.2) is 51.4 Å². The van der Waals surface area contributed by atoms with Crippen molar-refractivity contribution in [3.8, 4) is 5.75 Å². The van der Waals surface area contributed by atoms with Gasteiger partial charge in [0, 0.05) is 13.1 Å². The van der Waals surface area contributed by atoms with Gasteiger partial charge in [-0.3, -0.25) is 13.9 Å². The highest BCUT2D eigenvalue weighted by molar-refractivity contribution is 7.92. The first kappa shape index (κ1) is 30.6. The number of amides is 2. The Morgan fingerprint density at radius 1 is 0.975 bits per heavy atom. The molecule has 8 nitrogen and oxygen atoms in total. The van der Waals surface area contributed by atoms with Gasteiger partial charge in [0.15, 0.2) is 0 Å². The molecule has 1 atom stereocenters. The van der Waals surface area contributed by atoms with Crippen molar-refractivity contribution in [1.29, 1.82) is 0 Å². The van der Waals surface area contributed by atoms with Crippen LogP contribution in [0.15, 0.2) is 77.7 Å². The minimum Gasteiger partial charge on any atom is -0.497 e. The summed E-state index contributed by atoms with van der Waals surface area (Å²) in [6, 6.07) is 17.3. The number of rotatable bonds is 12. The molecule has 1 N–H and O–H groups in total. The molecule has 0 bridgehead atoms. The number of benzene rings is 3. The summed E-state index contributed by atoms with van der Waals surface area (Å²) in [5.74, 6) is -0.726. The Kier molecular flexibility index (Phi) is 10.3. The molecule has 0 aliphatic heterocycles. The van der Waals surface area contributed by atoms with Crippen LogP contribution >= 0.6 is 0 Å². The molecular weight excluding hydrogens is 533 g/mol. The van der Waals surface area contributed by atoms with Gasteiger partial charge in [0.05, 0.1) is 17.7 Å². The number of hydrogen-bond acceptors (Lipinski definition) is 5. The molecule has 0 aliphatic rings. The number of nitrogens with zero attached hydrogens (tertiary/aromatic N) is 2. The Balaban J connectivity index is 2.01. The summed E-state index contributed by atoms with van der Waals surface area (Å²) in [5.41, 5.74) is 1.88. The molecule has 10 heteroatoms. The fourth-order valence-corrected chi connectivity index (χ4v) is 5.39. The number of carbonyl (C=O) groups excluding carboxylic acids is 2. The topological polar surface area (TPSA) is 96.0 Å². The summed E-state index contributed by atoms with van der Waals surface area (Å²) in [4.78, 5) is 28.2. The molecule has 0 saturated heterocycles. The fourth-order valence-electron chi connectivity index (χ4n) is 3.98. The number of halogens is 1. The van der Waals surface area contributed by atoms with Gasteiger partial charge >= 0.3 is 0 Å². The molecule has 0 saturated carbocycles. The maximum atomic E-state index is 13.9. The van der Waals surface area contributed by atoms with E-state index in [0.29, 0.717) is 17.9 Å². The van der Waals surface area contributed by atoms with Gasteiger partial charge in [-0.1, -0.05) is 43.7 Å². The van der Waals surface area contributed by atoms with Gasteiger partial charge in [0.25, 0.3) is 10.0 Å². The van der Waals surface area contributed by atoms with Crippen LogP contribution in [0.25, 0.3) is 0 Å². The molecule has 1 unspecified atom stereocenters. The standard InChI is InChI=1S/C30H36FN3O5S/c1-21(2)18-32-30(36)23(4)33(19-24-7-6-8-27(17-24)39-5)29(35)20-34(26-13-9-22(3)10-14-26)40(37,38)28-15-11-25(31)12-16-28/h6-17,21,23H,18-20H2,1-5H3,(H,32,36). The lowest BCUT2D eigenvalue weighted by atomic mass is 10.1. The summed E-state index contributed by atoms with van der Waals surface area (Å²) in [6.45, 7) is 7.30. The molecule has 0 heterocycles. The van der Waals surface area contributed by atoms with Gasteiger partial charge in [0.2, 0.25) is 11.8 Å². The van der Waals surface area contributed by atoms with Crippen LogP contribution in [0.4, 0.5) is 10.1 Å². The monoisotopic (exact) mass is 569 g/mol. The maximum Gasteiger partial charge on any atom is 0.264 e. The first-order valence-corrected chi connectivity index (χ1v) is 14.4. The number of sulfonamides is 1. The second-order valence-corrected chi connectivity index (χ2v) is 11.9. The highest BCUT2D eigenvalue weighted by Crippen LogP contribution is 2.25. The second-order valence-electron chi connectivity index (χ2n) is 9.99. The van der Waals surface area contributed by atoms with Gasteiger partial charge in [-0.2, -0.15) is 0 Å². The molecule has 2 amide bonds. The number of nitrogens with one attached hydrogen (secondary N) is 1. The van der Waals surface area contributed by atoms with Crippen molar-refractivity contribution in [2.24, 2.45) is 5.92 Å².